The van der Waals surface area contributed by atoms with Crippen LogP contribution in [0.15, 0.2) is 97.2 Å². The second kappa shape index (κ2) is 50.7. The zero-order valence-electron chi connectivity index (χ0n) is 39.4. The number of carbonyl (C=O) groups is 1. The van der Waals surface area contributed by atoms with E-state index in [4.69, 9.17) is 0 Å². The largest absolute Gasteiger partial charge is 0.394 e. The van der Waals surface area contributed by atoms with E-state index >= 15 is 0 Å². The van der Waals surface area contributed by atoms with Gasteiger partial charge in [-0.25, -0.2) is 0 Å². The summed E-state index contributed by atoms with van der Waals surface area (Å²) in [5.41, 5.74) is 0. The second-order valence-electron chi connectivity index (χ2n) is 16.8. The summed E-state index contributed by atoms with van der Waals surface area (Å²) in [5.74, 6) is -0.0789. The zero-order valence-corrected chi connectivity index (χ0v) is 39.4. The van der Waals surface area contributed by atoms with Crippen molar-refractivity contribution in [2.75, 3.05) is 6.61 Å². The van der Waals surface area contributed by atoms with Gasteiger partial charge in [-0.3, -0.25) is 4.79 Å². The topological polar surface area (TPSA) is 69.6 Å². The van der Waals surface area contributed by atoms with E-state index < -0.39 is 12.1 Å². The molecule has 0 rings (SSSR count). The number of aliphatic hydroxyl groups excluding tert-OH is 2. The Morgan fingerprint density at radius 3 is 1.15 bits per heavy atom. The van der Waals surface area contributed by atoms with Gasteiger partial charge in [0.2, 0.25) is 5.91 Å². The molecule has 0 saturated carbocycles. The lowest BCUT2D eigenvalue weighted by molar-refractivity contribution is -0.123. The van der Waals surface area contributed by atoms with Crippen LogP contribution in [-0.4, -0.2) is 34.9 Å². The van der Waals surface area contributed by atoms with Gasteiger partial charge in [0.25, 0.3) is 0 Å². The minimum atomic E-state index is -0.860. The van der Waals surface area contributed by atoms with Crippen LogP contribution in [0.1, 0.15) is 232 Å². The third-order valence-electron chi connectivity index (χ3n) is 11.0. The molecule has 0 saturated heterocycles. The van der Waals surface area contributed by atoms with Crippen molar-refractivity contribution in [2.45, 2.75) is 244 Å². The lowest BCUT2D eigenvalue weighted by Crippen LogP contribution is -2.45. The Bertz CT molecular complexity index is 1130. The highest BCUT2D eigenvalue weighted by Gasteiger charge is 2.17. The fourth-order valence-corrected chi connectivity index (χ4v) is 7.21. The van der Waals surface area contributed by atoms with Crippen LogP contribution in [-0.2, 0) is 4.79 Å². The van der Waals surface area contributed by atoms with Gasteiger partial charge in [-0.2, -0.15) is 0 Å². The smallest absolute Gasteiger partial charge is 0.220 e. The Balaban J connectivity index is 3.41. The van der Waals surface area contributed by atoms with E-state index in [2.05, 4.69) is 104 Å². The molecule has 2 unspecified atom stereocenters. The Labute approximate surface area is 373 Å². The fourth-order valence-electron chi connectivity index (χ4n) is 7.21. The standard InChI is InChI=1S/C56H97NO3/c1-3-5-7-9-11-12-13-14-15-16-17-18-19-20-21-22-23-24-25-26-27-28-29-30-31-32-33-34-35-36-37-38-39-40-41-42-43-44-46-48-50-52-56(60)57-54(53-58)55(59)51-49-47-45-10-8-6-4-2/h5,7-8,10-12,14-15,17-18,20-21,23-24,49,51,54-55,58-59H,3-4,6,9,13,16,19,22,25-48,50,52-53H2,1-2H3,(H,57,60)/b7-5-,10-8+,12-11-,15-14-,18-17-,21-20-,24-23-,51-49+. The van der Waals surface area contributed by atoms with Crippen molar-refractivity contribution in [3.63, 3.8) is 0 Å². The first-order chi connectivity index (χ1) is 29.7. The van der Waals surface area contributed by atoms with Crippen molar-refractivity contribution in [3.05, 3.63) is 97.2 Å². The SMILES string of the molecule is CC/C=C\C/C=C\C/C=C\C/C=C\C/C=C\C/C=C\CCCCCCCCCCCCCCCCCCCCCCCCC(=O)NC(CO)C(O)/C=C/CC/C=C/CCC. The Morgan fingerprint density at radius 2 is 0.750 bits per heavy atom. The number of hydrogen-bond acceptors (Lipinski definition) is 3. The van der Waals surface area contributed by atoms with E-state index in [0.29, 0.717) is 6.42 Å². The maximum absolute atomic E-state index is 12.3. The first-order valence-electron chi connectivity index (χ1n) is 25.5. The van der Waals surface area contributed by atoms with Crippen LogP contribution in [0, 0.1) is 0 Å². The van der Waals surface area contributed by atoms with Gasteiger partial charge in [-0.1, -0.05) is 246 Å². The summed E-state index contributed by atoms with van der Waals surface area (Å²) in [6.07, 6.45) is 75.9. The Hall–Kier alpha value is -2.69. The van der Waals surface area contributed by atoms with Crippen LogP contribution in [0.3, 0.4) is 0 Å². The quantitative estimate of drug-likeness (QED) is 0.0423. The van der Waals surface area contributed by atoms with Crippen molar-refractivity contribution in [1.29, 1.82) is 0 Å². The molecule has 0 aromatic rings. The van der Waals surface area contributed by atoms with Gasteiger partial charge in [-0.15, -0.1) is 0 Å². The number of aliphatic hydroxyl groups is 2. The molecule has 0 fully saturated rings. The molecule has 0 heterocycles. The predicted molar refractivity (Wildman–Crippen MR) is 266 cm³/mol. The minimum absolute atomic E-state index is 0.0789. The van der Waals surface area contributed by atoms with Crippen LogP contribution in [0.5, 0.6) is 0 Å². The van der Waals surface area contributed by atoms with Gasteiger partial charge in [-0.05, 0) is 77.0 Å². The van der Waals surface area contributed by atoms with Crippen LogP contribution >= 0.6 is 0 Å². The minimum Gasteiger partial charge on any atom is -0.394 e. The monoisotopic (exact) mass is 832 g/mol. The maximum Gasteiger partial charge on any atom is 0.220 e. The molecule has 0 aliphatic carbocycles. The third-order valence-corrected chi connectivity index (χ3v) is 11.0. The van der Waals surface area contributed by atoms with Gasteiger partial charge in [0, 0.05) is 6.42 Å². The highest BCUT2D eigenvalue weighted by molar-refractivity contribution is 5.76. The molecule has 0 aliphatic rings. The molecule has 2 atom stereocenters. The van der Waals surface area contributed by atoms with Crippen molar-refractivity contribution < 1.29 is 15.0 Å². The van der Waals surface area contributed by atoms with Gasteiger partial charge >= 0.3 is 0 Å². The lowest BCUT2D eigenvalue weighted by Gasteiger charge is -2.19. The molecule has 60 heavy (non-hydrogen) atoms. The summed E-state index contributed by atoms with van der Waals surface area (Å²) in [4.78, 5) is 12.3. The number of unbranched alkanes of at least 4 members (excludes halogenated alkanes) is 24. The first kappa shape index (κ1) is 57.3. The van der Waals surface area contributed by atoms with Crippen LogP contribution in [0.4, 0.5) is 0 Å². The highest BCUT2D eigenvalue weighted by atomic mass is 16.3. The molecule has 344 valence electrons. The highest BCUT2D eigenvalue weighted by Crippen LogP contribution is 2.16. The van der Waals surface area contributed by atoms with E-state index in [1.165, 1.54) is 135 Å². The van der Waals surface area contributed by atoms with Gasteiger partial charge < -0.3 is 15.5 Å². The lowest BCUT2D eigenvalue weighted by atomic mass is 10.0. The molecule has 1 amide bonds. The zero-order chi connectivity index (χ0) is 43.5. The normalized spacial score (nSPS) is 13.7. The molecule has 0 aromatic carbocycles. The van der Waals surface area contributed by atoms with Crippen LogP contribution in [0.25, 0.3) is 0 Å². The van der Waals surface area contributed by atoms with Crippen molar-refractivity contribution in [1.82, 2.24) is 5.32 Å². The van der Waals surface area contributed by atoms with E-state index in [1.807, 2.05) is 6.08 Å². The number of hydrogen-bond donors (Lipinski definition) is 3. The summed E-state index contributed by atoms with van der Waals surface area (Å²) >= 11 is 0. The molecule has 0 radical (unpaired) electrons. The number of allylic oxidation sites excluding steroid dienone is 15. The molecule has 4 nitrogen and oxygen atoms in total. The molecule has 0 aromatic heterocycles. The van der Waals surface area contributed by atoms with Gasteiger partial charge in [0.15, 0.2) is 0 Å². The number of amides is 1. The number of carbonyl (C=O) groups excluding carboxylic acids is 1. The average molecular weight is 832 g/mol. The van der Waals surface area contributed by atoms with E-state index in [-0.39, 0.29) is 12.5 Å². The Morgan fingerprint density at radius 1 is 0.417 bits per heavy atom. The maximum atomic E-state index is 12.3. The third kappa shape index (κ3) is 46.4. The van der Waals surface area contributed by atoms with E-state index in [9.17, 15) is 15.0 Å². The summed E-state index contributed by atoms with van der Waals surface area (Å²) in [7, 11) is 0. The fraction of sp³-hybridized carbons (Fsp3) is 0.696. The van der Waals surface area contributed by atoms with Crippen molar-refractivity contribution in [2.24, 2.45) is 0 Å². The molecular formula is C56H97NO3. The molecule has 0 aliphatic heterocycles. The molecule has 4 heteroatoms. The summed E-state index contributed by atoms with van der Waals surface area (Å²) in [6.45, 7) is 4.07. The van der Waals surface area contributed by atoms with E-state index in [0.717, 1.165) is 77.0 Å². The Kier molecular flexibility index (Phi) is 48.4. The van der Waals surface area contributed by atoms with Crippen LogP contribution in [0.2, 0.25) is 0 Å². The van der Waals surface area contributed by atoms with Gasteiger partial charge in [0.1, 0.15) is 0 Å². The van der Waals surface area contributed by atoms with Crippen molar-refractivity contribution in [3.8, 4) is 0 Å². The first-order valence-corrected chi connectivity index (χ1v) is 25.5. The predicted octanol–water partition coefficient (Wildman–Crippen LogP) is 16.6. The molecule has 0 spiro atoms. The van der Waals surface area contributed by atoms with Crippen molar-refractivity contribution >= 4 is 5.91 Å². The number of nitrogens with one attached hydrogen (secondary N) is 1. The summed E-state index contributed by atoms with van der Waals surface area (Å²) in [5, 5.41) is 22.8. The van der Waals surface area contributed by atoms with Crippen LogP contribution < -0.4 is 5.32 Å². The summed E-state index contributed by atoms with van der Waals surface area (Å²) in [6, 6.07) is -0.637. The molecule has 3 N–H and O–H groups in total. The number of rotatable bonds is 45. The molecular weight excluding hydrogens is 735 g/mol. The second-order valence-corrected chi connectivity index (χ2v) is 16.8. The van der Waals surface area contributed by atoms with Gasteiger partial charge in [0.05, 0.1) is 18.8 Å². The average Bonchev–Trinajstić information content (AvgIpc) is 3.25. The molecule has 0 bridgehead atoms. The summed E-state index contributed by atoms with van der Waals surface area (Å²) < 4.78 is 0. The van der Waals surface area contributed by atoms with E-state index in [1.54, 1.807) is 6.08 Å².